The molecular formula is C16H17N3O4. The van der Waals surface area contributed by atoms with E-state index in [0.717, 1.165) is 11.4 Å². The maximum atomic E-state index is 12.5. The number of para-hydroxylation sites is 1. The fourth-order valence-corrected chi connectivity index (χ4v) is 2.59. The van der Waals surface area contributed by atoms with Crippen LogP contribution in [-0.4, -0.2) is 46.5 Å². The van der Waals surface area contributed by atoms with Crippen LogP contribution in [0.25, 0.3) is 0 Å². The van der Waals surface area contributed by atoms with E-state index in [-0.39, 0.29) is 19.1 Å². The van der Waals surface area contributed by atoms with E-state index >= 15 is 0 Å². The van der Waals surface area contributed by atoms with Crippen molar-refractivity contribution in [2.75, 3.05) is 13.7 Å². The first-order valence-corrected chi connectivity index (χ1v) is 7.25. The van der Waals surface area contributed by atoms with E-state index in [1.54, 1.807) is 18.5 Å². The molecule has 7 nitrogen and oxygen atoms in total. The molecule has 1 aliphatic rings. The van der Waals surface area contributed by atoms with Gasteiger partial charge in [0.1, 0.15) is 11.8 Å². The third-order valence-electron chi connectivity index (χ3n) is 3.80. The van der Waals surface area contributed by atoms with Crippen LogP contribution in [0.1, 0.15) is 11.4 Å². The van der Waals surface area contributed by atoms with Crippen LogP contribution in [0.15, 0.2) is 36.7 Å². The summed E-state index contributed by atoms with van der Waals surface area (Å²) in [6, 6.07) is 8.39. The number of amides is 1. The Bertz CT molecular complexity index is 698. The summed E-state index contributed by atoms with van der Waals surface area (Å²) in [5, 5.41) is 0. The van der Waals surface area contributed by atoms with Crippen LogP contribution in [-0.2, 0) is 27.3 Å². The van der Waals surface area contributed by atoms with E-state index in [1.165, 1.54) is 12.0 Å². The minimum Gasteiger partial charge on any atom is -0.484 e. The van der Waals surface area contributed by atoms with Crippen molar-refractivity contribution in [1.29, 1.82) is 0 Å². The summed E-state index contributed by atoms with van der Waals surface area (Å²) in [5.41, 5.74) is 1.62. The van der Waals surface area contributed by atoms with Crippen molar-refractivity contribution in [3.63, 3.8) is 0 Å². The highest BCUT2D eigenvalue weighted by Gasteiger charge is 2.36. The number of hydrogen-bond donors (Lipinski definition) is 1. The van der Waals surface area contributed by atoms with E-state index in [2.05, 4.69) is 9.97 Å². The minimum atomic E-state index is -0.678. The molecule has 3 rings (SSSR count). The molecule has 23 heavy (non-hydrogen) atoms. The van der Waals surface area contributed by atoms with Crippen LogP contribution in [0, 0.1) is 0 Å². The van der Waals surface area contributed by atoms with Crippen LogP contribution in [0.5, 0.6) is 5.75 Å². The summed E-state index contributed by atoms with van der Waals surface area (Å²) in [4.78, 5) is 33.1. The van der Waals surface area contributed by atoms with Crippen LogP contribution in [0.4, 0.5) is 0 Å². The van der Waals surface area contributed by atoms with Crippen molar-refractivity contribution in [2.45, 2.75) is 19.0 Å². The Morgan fingerprint density at radius 3 is 2.87 bits per heavy atom. The first kappa shape index (κ1) is 15.1. The predicted octanol–water partition coefficient (Wildman–Crippen LogP) is 0.915. The van der Waals surface area contributed by atoms with Gasteiger partial charge in [-0.25, -0.2) is 9.78 Å². The summed E-state index contributed by atoms with van der Waals surface area (Å²) >= 11 is 0. The number of hydrogen-bond acceptors (Lipinski definition) is 5. The molecule has 1 aromatic heterocycles. The number of nitrogens with zero attached hydrogens (tertiary/aromatic N) is 2. The van der Waals surface area contributed by atoms with Gasteiger partial charge in [-0.05, 0) is 12.1 Å². The summed E-state index contributed by atoms with van der Waals surface area (Å²) in [5.74, 6) is -0.120. The van der Waals surface area contributed by atoms with E-state index in [4.69, 9.17) is 9.47 Å². The molecule has 1 aliphatic heterocycles. The Balaban J connectivity index is 1.73. The monoisotopic (exact) mass is 315 g/mol. The second-order valence-corrected chi connectivity index (χ2v) is 5.19. The number of ether oxygens (including phenoxy) is 2. The Labute approximate surface area is 133 Å². The minimum absolute atomic E-state index is 0.138. The number of carbonyl (C=O) groups excluding carboxylic acids is 2. The second kappa shape index (κ2) is 6.51. The fourth-order valence-electron chi connectivity index (χ4n) is 2.59. The molecule has 7 heteroatoms. The highest BCUT2D eigenvalue weighted by atomic mass is 16.5. The quantitative estimate of drug-likeness (QED) is 0.848. The van der Waals surface area contributed by atoms with Crippen molar-refractivity contribution in [3.05, 3.63) is 48.0 Å². The lowest BCUT2D eigenvalue weighted by molar-refractivity contribution is -0.154. The molecule has 1 unspecified atom stereocenters. The zero-order chi connectivity index (χ0) is 16.2. The van der Waals surface area contributed by atoms with Gasteiger partial charge in [-0.15, -0.1) is 0 Å². The van der Waals surface area contributed by atoms with Crippen LogP contribution in [0.2, 0.25) is 0 Å². The van der Waals surface area contributed by atoms with Gasteiger partial charge < -0.3 is 19.4 Å². The lowest BCUT2D eigenvalue weighted by Crippen LogP contribution is -2.50. The molecule has 1 atom stereocenters. The van der Waals surface area contributed by atoms with Crippen molar-refractivity contribution >= 4 is 11.9 Å². The number of nitrogens with one attached hydrogen (secondary N) is 1. The number of H-pyrrole nitrogens is 1. The van der Waals surface area contributed by atoms with Crippen LogP contribution >= 0.6 is 0 Å². The first-order valence-electron chi connectivity index (χ1n) is 7.25. The molecular weight excluding hydrogens is 298 g/mol. The van der Waals surface area contributed by atoms with E-state index in [1.807, 2.05) is 18.2 Å². The maximum absolute atomic E-state index is 12.5. The zero-order valence-corrected chi connectivity index (χ0v) is 12.7. The Morgan fingerprint density at radius 2 is 2.13 bits per heavy atom. The third-order valence-corrected chi connectivity index (χ3v) is 3.80. The average molecular weight is 315 g/mol. The molecule has 0 spiro atoms. The molecule has 0 saturated carbocycles. The number of aromatic nitrogens is 2. The lowest BCUT2D eigenvalue weighted by Gasteiger charge is -2.33. The molecule has 1 N–H and O–H groups in total. The number of imidazole rings is 1. The molecule has 2 aromatic rings. The van der Waals surface area contributed by atoms with Crippen molar-refractivity contribution < 1.29 is 19.1 Å². The van der Waals surface area contributed by atoms with Crippen LogP contribution < -0.4 is 4.74 Å². The average Bonchev–Trinajstić information content (AvgIpc) is 3.06. The number of benzene rings is 1. The van der Waals surface area contributed by atoms with Gasteiger partial charge in [0, 0.05) is 6.42 Å². The largest absolute Gasteiger partial charge is 0.484 e. The lowest BCUT2D eigenvalue weighted by atomic mass is 10.0. The smallest absolute Gasteiger partial charge is 0.329 e. The number of esters is 1. The van der Waals surface area contributed by atoms with Gasteiger partial charge in [-0.1, -0.05) is 18.2 Å². The van der Waals surface area contributed by atoms with E-state index in [0.29, 0.717) is 12.2 Å². The molecule has 0 aliphatic carbocycles. The highest BCUT2D eigenvalue weighted by molar-refractivity contribution is 5.86. The fraction of sp³-hybridized carbons (Fsp3) is 0.312. The highest BCUT2D eigenvalue weighted by Crippen LogP contribution is 2.22. The topological polar surface area (TPSA) is 84.5 Å². The summed E-state index contributed by atoms with van der Waals surface area (Å²) < 4.78 is 10.3. The summed E-state index contributed by atoms with van der Waals surface area (Å²) in [6.07, 6.45) is 1.90. The molecule has 120 valence electrons. The molecule has 1 aromatic carbocycles. The van der Waals surface area contributed by atoms with Crippen LogP contribution in [0.3, 0.4) is 0 Å². The van der Waals surface area contributed by atoms with Crippen molar-refractivity contribution in [2.24, 2.45) is 0 Å². The standard InChI is InChI=1S/C16H17N3O4/c1-22-16(21)14-7-12-13(18-10-17-12)8-19(14)15(20)9-23-11-5-3-2-4-6-11/h2-6,10,14H,7-9H2,1H3,(H,17,18). The molecule has 1 amide bonds. The van der Waals surface area contributed by atoms with Crippen molar-refractivity contribution in [1.82, 2.24) is 14.9 Å². The Hall–Kier alpha value is -2.83. The summed E-state index contributed by atoms with van der Waals surface area (Å²) in [6.45, 7) is 0.146. The normalized spacial score (nSPS) is 16.6. The number of aromatic amines is 1. The van der Waals surface area contributed by atoms with Gasteiger partial charge in [-0.2, -0.15) is 0 Å². The van der Waals surface area contributed by atoms with Gasteiger partial charge in [0.15, 0.2) is 6.61 Å². The third kappa shape index (κ3) is 3.18. The van der Waals surface area contributed by atoms with Gasteiger partial charge >= 0.3 is 5.97 Å². The molecule has 2 heterocycles. The summed E-state index contributed by atoms with van der Waals surface area (Å²) in [7, 11) is 1.31. The zero-order valence-electron chi connectivity index (χ0n) is 12.7. The van der Waals surface area contributed by atoms with Crippen molar-refractivity contribution in [3.8, 4) is 5.75 Å². The van der Waals surface area contributed by atoms with E-state index in [9.17, 15) is 9.59 Å². The maximum Gasteiger partial charge on any atom is 0.329 e. The Morgan fingerprint density at radius 1 is 1.35 bits per heavy atom. The number of carbonyl (C=O) groups is 2. The molecule has 0 saturated heterocycles. The predicted molar refractivity (Wildman–Crippen MR) is 80.6 cm³/mol. The first-order chi connectivity index (χ1) is 11.2. The van der Waals surface area contributed by atoms with E-state index < -0.39 is 12.0 Å². The number of fused-ring (bicyclic) bond motifs is 1. The number of rotatable bonds is 4. The van der Waals surface area contributed by atoms with Gasteiger partial charge in [-0.3, -0.25) is 4.79 Å². The van der Waals surface area contributed by atoms with Gasteiger partial charge in [0.25, 0.3) is 5.91 Å². The van der Waals surface area contributed by atoms with Gasteiger partial charge in [0.05, 0.1) is 31.4 Å². The molecule has 0 fully saturated rings. The molecule has 0 radical (unpaired) electrons. The second-order valence-electron chi connectivity index (χ2n) is 5.19. The molecule has 0 bridgehead atoms. The number of methoxy groups -OCH3 is 1. The van der Waals surface area contributed by atoms with Gasteiger partial charge in [0.2, 0.25) is 0 Å². The SMILES string of the molecule is COC(=O)C1Cc2nc[nH]c2CN1C(=O)COc1ccccc1. The Kier molecular flexibility index (Phi) is 4.27.